The maximum absolute atomic E-state index is 9.88. The maximum Gasteiger partial charge on any atom is 0.161 e. The van der Waals surface area contributed by atoms with Crippen LogP contribution in [-0.2, 0) is 6.54 Å². The van der Waals surface area contributed by atoms with Crippen molar-refractivity contribution in [3.8, 4) is 11.5 Å². The van der Waals surface area contributed by atoms with Crippen LogP contribution < -0.4 is 10.1 Å². The van der Waals surface area contributed by atoms with Crippen LogP contribution in [0.5, 0.6) is 11.5 Å². The van der Waals surface area contributed by atoms with Gasteiger partial charge in [0.25, 0.3) is 0 Å². The van der Waals surface area contributed by atoms with Crippen LogP contribution in [0.25, 0.3) is 10.9 Å². The first-order chi connectivity index (χ1) is 14.1. The number of nitrogens with one attached hydrogen (secondary N) is 1. The molecule has 0 amide bonds. The molecule has 5 nitrogen and oxygen atoms in total. The predicted octanol–water partition coefficient (Wildman–Crippen LogP) is 5.07. The number of aromatic nitrogens is 1. The molecule has 0 spiro atoms. The molecule has 2 N–H and O–H groups in total. The third kappa shape index (κ3) is 4.74. The SMILES string of the molecule is CCOc1cc(CN2CCC(Nc3ccnc4cc(Cl)ccc34)CC2)ccc1O. The monoisotopic (exact) mass is 411 g/mol. The van der Waals surface area contributed by atoms with Gasteiger partial charge in [-0.2, -0.15) is 0 Å². The van der Waals surface area contributed by atoms with Crippen LogP contribution in [0.3, 0.4) is 0 Å². The molecule has 3 aromatic rings. The van der Waals surface area contributed by atoms with Gasteiger partial charge in [0.1, 0.15) is 0 Å². The molecule has 6 heteroatoms. The van der Waals surface area contributed by atoms with Crippen LogP contribution in [-0.4, -0.2) is 40.7 Å². The molecule has 1 aromatic heterocycles. The number of fused-ring (bicyclic) bond motifs is 1. The van der Waals surface area contributed by atoms with Crippen LogP contribution in [0.1, 0.15) is 25.3 Å². The van der Waals surface area contributed by atoms with E-state index in [2.05, 4.69) is 15.2 Å². The largest absolute Gasteiger partial charge is 0.504 e. The number of phenols is 1. The number of aromatic hydroxyl groups is 1. The standard InChI is InChI=1S/C23H26ClN3O2/c1-2-29-23-13-16(3-6-22(23)28)15-27-11-8-18(9-12-27)26-20-7-10-25-21-14-17(24)4-5-19(20)21/h3-7,10,13-14,18,28H,2,8-9,11-12,15H2,1H3,(H,25,26). The molecule has 2 heterocycles. The number of benzene rings is 2. The maximum atomic E-state index is 9.88. The Hall–Kier alpha value is -2.50. The van der Waals surface area contributed by atoms with Gasteiger partial charge in [0.05, 0.1) is 12.1 Å². The smallest absolute Gasteiger partial charge is 0.161 e. The van der Waals surface area contributed by atoms with Crippen LogP contribution in [0.4, 0.5) is 5.69 Å². The van der Waals surface area contributed by atoms with Gasteiger partial charge in [0.2, 0.25) is 0 Å². The van der Waals surface area contributed by atoms with Crippen LogP contribution >= 0.6 is 11.6 Å². The highest BCUT2D eigenvalue weighted by molar-refractivity contribution is 6.31. The summed E-state index contributed by atoms with van der Waals surface area (Å²) in [6.45, 7) is 5.38. The third-order valence-corrected chi connectivity index (χ3v) is 5.62. The number of likely N-dealkylation sites (tertiary alicyclic amines) is 1. The zero-order valence-electron chi connectivity index (χ0n) is 16.6. The summed E-state index contributed by atoms with van der Waals surface area (Å²) in [6, 6.07) is 13.9. The Bertz CT molecular complexity index is 987. The van der Waals surface area contributed by atoms with Crippen molar-refractivity contribution in [1.29, 1.82) is 0 Å². The van der Waals surface area contributed by atoms with E-state index >= 15 is 0 Å². The van der Waals surface area contributed by atoms with Crippen molar-refractivity contribution in [2.24, 2.45) is 0 Å². The van der Waals surface area contributed by atoms with Gasteiger partial charge in [-0.1, -0.05) is 17.7 Å². The van der Waals surface area contributed by atoms with Crippen molar-refractivity contribution in [2.75, 3.05) is 25.0 Å². The predicted molar refractivity (Wildman–Crippen MR) is 118 cm³/mol. The second kappa shape index (κ2) is 8.89. The summed E-state index contributed by atoms with van der Waals surface area (Å²) in [5.41, 5.74) is 3.19. The molecule has 0 saturated carbocycles. The van der Waals surface area contributed by atoms with Gasteiger partial charge in [-0.25, -0.2) is 0 Å². The summed E-state index contributed by atoms with van der Waals surface area (Å²) in [4.78, 5) is 6.87. The van der Waals surface area contributed by atoms with Crippen molar-refractivity contribution in [3.05, 3.63) is 59.2 Å². The Morgan fingerprint density at radius 2 is 2.00 bits per heavy atom. The minimum atomic E-state index is 0.198. The number of pyridine rings is 1. The summed E-state index contributed by atoms with van der Waals surface area (Å²) in [5, 5.41) is 15.4. The topological polar surface area (TPSA) is 57.6 Å². The Morgan fingerprint density at radius 3 is 2.79 bits per heavy atom. The molecule has 0 aliphatic carbocycles. The van der Waals surface area contributed by atoms with Gasteiger partial charge in [0, 0.05) is 48.0 Å². The first-order valence-corrected chi connectivity index (χ1v) is 10.5. The summed E-state index contributed by atoms with van der Waals surface area (Å²) >= 11 is 6.09. The highest BCUT2D eigenvalue weighted by Gasteiger charge is 2.20. The van der Waals surface area contributed by atoms with Crippen LogP contribution in [0.15, 0.2) is 48.7 Å². The average molecular weight is 412 g/mol. The quantitative estimate of drug-likeness (QED) is 0.593. The Balaban J connectivity index is 1.36. The Labute approximate surface area is 176 Å². The Kier molecular flexibility index (Phi) is 6.07. The number of rotatable bonds is 6. The fourth-order valence-electron chi connectivity index (χ4n) is 3.89. The van der Waals surface area contributed by atoms with Gasteiger partial charge in [-0.3, -0.25) is 9.88 Å². The van der Waals surface area contributed by atoms with Crippen LogP contribution in [0.2, 0.25) is 5.02 Å². The van der Waals surface area contributed by atoms with Gasteiger partial charge in [-0.05, 0) is 61.7 Å². The Morgan fingerprint density at radius 1 is 1.17 bits per heavy atom. The number of piperidine rings is 1. The lowest BCUT2D eigenvalue weighted by atomic mass is 10.0. The molecule has 29 heavy (non-hydrogen) atoms. The fourth-order valence-corrected chi connectivity index (χ4v) is 4.05. The van der Waals surface area contributed by atoms with E-state index in [0.717, 1.165) is 54.6 Å². The van der Waals surface area contributed by atoms with E-state index in [9.17, 15) is 5.11 Å². The lowest BCUT2D eigenvalue weighted by Gasteiger charge is -2.33. The molecule has 152 valence electrons. The highest BCUT2D eigenvalue weighted by Crippen LogP contribution is 2.29. The van der Waals surface area contributed by atoms with E-state index in [1.165, 1.54) is 0 Å². The molecule has 0 radical (unpaired) electrons. The molecule has 1 saturated heterocycles. The zero-order chi connectivity index (χ0) is 20.2. The molecular weight excluding hydrogens is 386 g/mol. The van der Waals surface area contributed by atoms with Crippen LogP contribution in [0, 0.1) is 0 Å². The number of anilines is 1. The highest BCUT2D eigenvalue weighted by atomic mass is 35.5. The van der Waals surface area contributed by atoms with Crippen molar-refractivity contribution in [3.63, 3.8) is 0 Å². The average Bonchev–Trinajstić information content (AvgIpc) is 2.72. The number of nitrogens with zero attached hydrogens (tertiary/aromatic N) is 2. The lowest BCUT2D eigenvalue weighted by molar-refractivity contribution is 0.211. The summed E-state index contributed by atoms with van der Waals surface area (Å²) in [6.07, 6.45) is 3.98. The number of ether oxygens (including phenoxy) is 1. The molecule has 1 aliphatic rings. The molecular formula is C23H26ClN3O2. The van der Waals surface area contributed by atoms with Gasteiger partial charge < -0.3 is 15.2 Å². The molecule has 1 fully saturated rings. The number of halogens is 1. The van der Waals surface area contributed by atoms with E-state index < -0.39 is 0 Å². The molecule has 2 aromatic carbocycles. The molecule has 4 rings (SSSR count). The molecule has 1 aliphatic heterocycles. The molecule has 0 atom stereocenters. The molecule has 0 unspecified atom stereocenters. The summed E-state index contributed by atoms with van der Waals surface area (Å²) < 4.78 is 5.50. The second-order valence-corrected chi connectivity index (χ2v) is 7.89. The normalized spacial score (nSPS) is 15.5. The zero-order valence-corrected chi connectivity index (χ0v) is 17.3. The van der Waals surface area contributed by atoms with Crippen molar-refractivity contribution in [2.45, 2.75) is 32.4 Å². The van der Waals surface area contributed by atoms with Gasteiger partial charge >= 0.3 is 0 Å². The second-order valence-electron chi connectivity index (χ2n) is 7.45. The van der Waals surface area contributed by atoms with Crippen molar-refractivity contribution < 1.29 is 9.84 Å². The number of hydrogen-bond acceptors (Lipinski definition) is 5. The van der Waals surface area contributed by atoms with E-state index in [0.29, 0.717) is 23.4 Å². The van der Waals surface area contributed by atoms with E-state index in [1.54, 1.807) is 6.07 Å². The fraction of sp³-hybridized carbons (Fsp3) is 0.348. The van der Waals surface area contributed by atoms with E-state index in [-0.39, 0.29) is 5.75 Å². The number of hydrogen-bond donors (Lipinski definition) is 2. The first kappa shape index (κ1) is 19.8. The van der Waals surface area contributed by atoms with E-state index in [1.807, 2.05) is 49.5 Å². The van der Waals surface area contributed by atoms with Gasteiger partial charge in [0.15, 0.2) is 11.5 Å². The van der Waals surface area contributed by atoms with Crippen molar-refractivity contribution >= 4 is 28.2 Å². The minimum absolute atomic E-state index is 0.198. The summed E-state index contributed by atoms with van der Waals surface area (Å²) in [5.74, 6) is 0.760. The summed E-state index contributed by atoms with van der Waals surface area (Å²) in [7, 11) is 0. The van der Waals surface area contributed by atoms with Gasteiger partial charge in [-0.15, -0.1) is 0 Å². The van der Waals surface area contributed by atoms with Crippen molar-refractivity contribution in [1.82, 2.24) is 9.88 Å². The minimum Gasteiger partial charge on any atom is -0.504 e. The number of phenolic OH excluding ortho intramolecular Hbond substituents is 1. The molecule has 0 bridgehead atoms. The lowest BCUT2D eigenvalue weighted by Crippen LogP contribution is -2.38. The third-order valence-electron chi connectivity index (χ3n) is 5.38. The first-order valence-electron chi connectivity index (χ1n) is 10.1. The van der Waals surface area contributed by atoms with E-state index in [4.69, 9.17) is 16.3 Å².